The highest BCUT2D eigenvalue weighted by molar-refractivity contribution is 5.27. The van der Waals surface area contributed by atoms with Crippen LogP contribution in [0.2, 0.25) is 0 Å². The molecule has 0 aromatic heterocycles. The zero-order valence-corrected chi connectivity index (χ0v) is 22.0. The molecule has 0 amide bonds. The molecule has 0 saturated heterocycles. The van der Waals surface area contributed by atoms with Crippen LogP contribution in [0, 0.1) is 5.92 Å². The molecule has 1 unspecified atom stereocenters. The van der Waals surface area contributed by atoms with E-state index in [0.717, 1.165) is 25.0 Å². The first-order valence-electron chi connectivity index (χ1n) is 13.0. The van der Waals surface area contributed by atoms with Crippen LogP contribution in [0.3, 0.4) is 0 Å². The number of benzene rings is 1. The van der Waals surface area contributed by atoms with Crippen LogP contribution in [-0.4, -0.2) is 31.4 Å². The Bertz CT molecular complexity index is 559. The molecule has 186 valence electrons. The second-order valence-corrected chi connectivity index (χ2v) is 9.55. The summed E-state index contributed by atoms with van der Waals surface area (Å²) in [6, 6.07) is 8.49. The first-order chi connectivity index (χ1) is 15.3. The Hall–Kier alpha value is -1.10. The number of hydrogen-bond acceptors (Lipinski definition) is 4. The summed E-state index contributed by atoms with van der Waals surface area (Å²) in [6.45, 7) is 16.3. The predicted octanol–water partition coefficient (Wildman–Crippen LogP) is 7.93. The van der Waals surface area contributed by atoms with Gasteiger partial charge >= 0.3 is 0 Å². The van der Waals surface area contributed by atoms with Gasteiger partial charge in [-0.05, 0) is 78.5 Å². The van der Waals surface area contributed by atoms with Crippen molar-refractivity contribution in [1.82, 2.24) is 0 Å². The van der Waals surface area contributed by atoms with Crippen LogP contribution in [0.1, 0.15) is 105 Å². The Balaban J connectivity index is 2.86. The molecular formula is C28H50O4. The summed E-state index contributed by atoms with van der Waals surface area (Å²) in [5, 5.41) is 0. The molecule has 1 atom stereocenters. The smallest absolute Gasteiger partial charge is 0.285 e. The van der Waals surface area contributed by atoms with Gasteiger partial charge in [0.2, 0.25) is 0 Å². The lowest BCUT2D eigenvalue weighted by Gasteiger charge is -2.39. The van der Waals surface area contributed by atoms with Gasteiger partial charge in [-0.2, -0.15) is 0 Å². The van der Waals surface area contributed by atoms with Crippen LogP contribution in [0.4, 0.5) is 0 Å². The molecule has 4 nitrogen and oxygen atoms in total. The Labute approximate surface area is 198 Å². The molecule has 0 bridgehead atoms. The van der Waals surface area contributed by atoms with Gasteiger partial charge in [-0.25, -0.2) is 0 Å². The number of unbranched alkanes of at least 4 members (excludes halogenated alkanes) is 5. The van der Waals surface area contributed by atoms with E-state index in [9.17, 15) is 0 Å². The van der Waals surface area contributed by atoms with Gasteiger partial charge < -0.3 is 18.9 Å². The van der Waals surface area contributed by atoms with Crippen molar-refractivity contribution in [3.8, 4) is 5.75 Å². The van der Waals surface area contributed by atoms with Crippen LogP contribution in [0.15, 0.2) is 24.3 Å². The highest BCUT2D eigenvalue weighted by Crippen LogP contribution is 2.34. The van der Waals surface area contributed by atoms with Gasteiger partial charge in [0.15, 0.2) is 0 Å². The fourth-order valence-electron chi connectivity index (χ4n) is 4.17. The molecule has 1 aromatic carbocycles. The summed E-state index contributed by atoms with van der Waals surface area (Å²) < 4.78 is 24.5. The second kappa shape index (κ2) is 15.7. The maximum atomic E-state index is 6.17. The normalized spacial score (nSPS) is 13.3. The summed E-state index contributed by atoms with van der Waals surface area (Å²) in [5.74, 6) is 0.160. The van der Waals surface area contributed by atoms with Crippen LogP contribution < -0.4 is 4.74 Å². The highest BCUT2D eigenvalue weighted by Gasteiger charge is 2.41. The third-order valence-electron chi connectivity index (χ3n) is 5.57. The molecule has 0 fully saturated rings. The number of ether oxygens (including phenoxy) is 4. The zero-order valence-electron chi connectivity index (χ0n) is 22.0. The fourth-order valence-corrected chi connectivity index (χ4v) is 4.17. The average molecular weight is 451 g/mol. The monoisotopic (exact) mass is 450 g/mol. The van der Waals surface area contributed by atoms with Crippen molar-refractivity contribution in [2.45, 2.75) is 118 Å². The van der Waals surface area contributed by atoms with Gasteiger partial charge in [-0.3, -0.25) is 0 Å². The molecule has 0 spiro atoms. The largest absolute Gasteiger partial charge is 0.488 e. The Kier molecular flexibility index (Phi) is 14.2. The van der Waals surface area contributed by atoms with Crippen molar-refractivity contribution < 1.29 is 18.9 Å². The minimum Gasteiger partial charge on any atom is -0.488 e. The van der Waals surface area contributed by atoms with Crippen molar-refractivity contribution in [2.24, 2.45) is 5.92 Å². The lowest BCUT2D eigenvalue weighted by Crippen LogP contribution is -2.47. The first kappa shape index (κ1) is 28.9. The van der Waals surface area contributed by atoms with Crippen molar-refractivity contribution in [3.63, 3.8) is 0 Å². The molecule has 32 heavy (non-hydrogen) atoms. The van der Waals surface area contributed by atoms with Gasteiger partial charge in [0, 0.05) is 25.7 Å². The molecule has 0 aliphatic rings. The quantitative estimate of drug-likeness (QED) is 0.168. The Morgan fingerprint density at radius 2 is 1.22 bits per heavy atom. The Morgan fingerprint density at radius 3 is 1.72 bits per heavy atom. The van der Waals surface area contributed by atoms with E-state index < -0.39 is 5.97 Å². The van der Waals surface area contributed by atoms with E-state index in [1.165, 1.54) is 44.1 Å². The molecular weight excluding hydrogens is 400 g/mol. The van der Waals surface area contributed by atoms with E-state index in [-0.39, 0.29) is 11.5 Å². The molecule has 4 heteroatoms. The summed E-state index contributed by atoms with van der Waals surface area (Å²) in [5.41, 5.74) is 1.12. The maximum absolute atomic E-state index is 6.17. The summed E-state index contributed by atoms with van der Waals surface area (Å²) >= 11 is 0. The van der Waals surface area contributed by atoms with Crippen LogP contribution >= 0.6 is 0 Å². The van der Waals surface area contributed by atoms with Gasteiger partial charge in [0.25, 0.3) is 5.97 Å². The first-order valence-corrected chi connectivity index (χ1v) is 13.0. The second-order valence-electron chi connectivity index (χ2n) is 9.55. The van der Waals surface area contributed by atoms with E-state index >= 15 is 0 Å². The van der Waals surface area contributed by atoms with Gasteiger partial charge in [0.05, 0.1) is 0 Å². The van der Waals surface area contributed by atoms with E-state index in [1.807, 2.05) is 20.8 Å². The minimum atomic E-state index is -0.947. The Morgan fingerprint density at radius 1 is 0.688 bits per heavy atom. The topological polar surface area (TPSA) is 36.9 Å². The highest BCUT2D eigenvalue weighted by atomic mass is 16.9. The van der Waals surface area contributed by atoms with Gasteiger partial charge in [-0.1, -0.05) is 57.6 Å². The molecule has 0 aliphatic heterocycles. The molecule has 1 rings (SSSR count). The lowest BCUT2D eigenvalue weighted by molar-refractivity contribution is -0.403. The maximum Gasteiger partial charge on any atom is 0.285 e. The van der Waals surface area contributed by atoms with Crippen molar-refractivity contribution >= 4 is 0 Å². The minimum absolute atomic E-state index is 0.185. The number of hydrogen-bond donors (Lipinski definition) is 0. The van der Waals surface area contributed by atoms with E-state index in [1.54, 1.807) is 0 Å². The average Bonchev–Trinajstić information content (AvgIpc) is 2.73. The molecule has 0 aliphatic carbocycles. The summed E-state index contributed by atoms with van der Waals surface area (Å²) in [7, 11) is 0. The fraction of sp³-hybridized carbons (Fsp3) is 0.786. The van der Waals surface area contributed by atoms with Crippen molar-refractivity contribution in [1.29, 1.82) is 0 Å². The predicted molar refractivity (Wildman–Crippen MR) is 134 cm³/mol. The van der Waals surface area contributed by atoms with Gasteiger partial charge in [-0.15, -0.1) is 0 Å². The van der Waals surface area contributed by atoms with Crippen molar-refractivity contribution in [3.05, 3.63) is 29.8 Å². The summed E-state index contributed by atoms with van der Waals surface area (Å²) in [4.78, 5) is 0. The zero-order chi connectivity index (χ0) is 23.9. The molecule has 0 saturated carbocycles. The van der Waals surface area contributed by atoms with Crippen LogP contribution in [0.5, 0.6) is 5.75 Å². The van der Waals surface area contributed by atoms with E-state index in [0.29, 0.717) is 19.8 Å². The van der Waals surface area contributed by atoms with E-state index in [2.05, 4.69) is 52.0 Å². The molecule has 1 aromatic rings. The number of rotatable bonds is 18. The SMILES string of the molecule is CCCCCCCCC(CCc1ccc(OC(C)(C)C)cc1)C(OCC)(OCC)OCC. The van der Waals surface area contributed by atoms with Crippen molar-refractivity contribution in [2.75, 3.05) is 19.8 Å². The van der Waals surface area contributed by atoms with E-state index in [4.69, 9.17) is 18.9 Å². The molecule has 0 radical (unpaired) electrons. The molecule has 0 N–H and O–H groups in total. The van der Waals surface area contributed by atoms with Crippen LogP contribution in [-0.2, 0) is 20.6 Å². The lowest BCUT2D eigenvalue weighted by atomic mass is 9.91. The van der Waals surface area contributed by atoms with Crippen LogP contribution in [0.25, 0.3) is 0 Å². The van der Waals surface area contributed by atoms with Gasteiger partial charge in [0.1, 0.15) is 11.4 Å². The summed E-state index contributed by atoms with van der Waals surface area (Å²) in [6.07, 6.45) is 10.7. The standard InChI is InChI=1S/C28H50O4/c1-8-12-13-14-15-16-17-25(28(29-9-2,30-10-3)31-11-4)21-18-24-19-22-26(23-20-24)32-27(5,6)7/h19-20,22-23,25H,8-18,21H2,1-7H3. The number of aryl methyl sites for hydroxylation is 1. The molecule has 0 heterocycles. The third-order valence-corrected chi connectivity index (χ3v) is 5.57. The third kappa shape index (κ3) is 11.2.